The lowest BCUT2D eigenvalue weighted by molar-refractivity contribution is 0.544. The van der Waals surface area contributed by atoms with E-state index in [0.29, 0.717) is 10.8 Å². The Morgan fingerprint density at radius 2 is 2.06 bits per heavy atom. The molecule has 1 aromatic rings. The van der Waals surface area contributed by atoms with Crippen molar-refractivity contribution >= 4 is 11.8 Å². The number of rotatable bonds is 5. The van der Waals surface area contributed by atoms with Crippen LogP contribution >= 0.6 is 11.8 Å². The minimum Gasteiger partial charge on any atom is -0.312 e. The van der Waals surface area contributed by atoms with Gasteiger partial charge in [-0.1, -0.05) is 18.9 Å². The molecule has 0 aromatic heterocycles. The van der Waals surface area contributed by atoms with E-state index in [1.807, 2.05) is 18.8 Å². The molecule has 1 nitrogen and oxygen atoms in total. The molecule has 1 atom stereocenters. The molecule has 0 bridgehead atoms. The van der Waals surface area contributed by atoms with Crippen molar-refractivity contribution in [1.29, 1.82) is 0 Å². The average molecular weight is 271 g/mol. The van der Waals surface area contributed by atoms with Gasteiger partial charge in [0.1, 0.15) is 11.6 Å². The van der Waals surface area contributed by atoms with Gasteiger partial charge in [0.15, 0.2) is 0 Å². The zero-order valence-corrected chi connectivity index (χ0v) is 11.4. The molecule has 1 fully saturated rings. The summed E-state index contributed by atoms with van der Waals surface area (Å²) in [6.07, 6.45) is 5.17. The molecule has 1 aliphatic rings. The Bertz CT molecular complexity index is 391. The molecule has 0 radical (unpaired) electrons. The summed E-state index contributed by atoms with van der Waals surface area (Å²) >= 11 is 1.90. The second kappa shape index (κ2) is 6.53. The zero-order valence-electron chi connectivity index (χ0n) is 10.6. The maximum Gasteiger partial charge on any atom is 0.130 e. The fourth-order valence-electron chi connectivity index (χ4n) is 2.40. The first-order valence-electron chi connectivity index (χ1n) is 6.44. The zero-order chi connectivity index (χ0) is 13.0. The van der Waals surface area contributed by atoms with Gasteiger partial charge in [0.05, 0.1) is 0 Å². The molecule has 0 heterocycles. The van der Waals surface area contributed by atoms with Crippen molar-refractivity contribution in [2.45, 2.75) is 37.0 Å². The van der Waals surface area contributed by atoms with Crippen LogP contribution in [0.4, 0.5) is 8.78 Å². The van der Waals surface area contributed by atoms with Gasteiger partial charge in [0, 0.05) is 28.7 Å². The van der Waals surface area contributed by atoms with Crippen molar-refractivity contribution in [3.63, 3.8) is 0 Å². The molecule has 0 saturated heterocycles. The molecular weight excluding hydrogens is 252 g/mol. The molecule has 1 saturated carbocycles. The Morgan fingerprint density at radius 1 is 1.33 bits per heavy atom. The number of nitrogens with one attached hydrogen (secondary N) is 1. The first-order valence-corrected chi connectivity index (χ1v) is 7.49. The standard InChI is InChI=1S/C14H19F2NS/c1-17-14(9-18-11-4-2-3-5-11)12-7-6-10(15)8-13(12)16/h6-8,11,14,17H,2-5,9H2,1H3. The Morgan fingerprint density at radius 3 is 2.67 bits per heavy atom. The van der Waals surface area contributed by atoms with E-state index in [-0.39, 0.29) is 6.04 Å². The molecule has 1 aromatic carbocycles. The van der Waals surface area contributed by atoms with Crippen LogP contribution in [0.1, 0.15) is 37.3 Å². The summed E-state index contributed by atoms with van der Waals surface area (Å²) in [5.41, 5.74) is 0.560. The summed E-state index contributed by atoms with van der Waals surface area (Å²) < 4.78 is 26.6. The number of hydrogen-bond donors (Lipinski definition) is 1. The van der Waals surface area contributed by atoms with Crippen LogP contribution in [-0.2, 0) is 0 Å². The summed E-state index contributed by atoms with van der Waals surface area (Å²) in [6.45, 7) is 0. The van der Waals surface area contributed by atoms with E-state index in [0.717, 1.165) is 11.8 Å². The molecule has 1 aliphatic carbocycles. The third-order valence-corrected chi connectivity index (χ3v) is 4.96. The van der Waals surface area contributed by atoms with Crippen LogP contribution in [0.25, 0.3) is 0 Å². The Balaban J connectivity index is 1.98. The SMILES string of the molecule is CNC(CSC1CCCC1)c1ccc(F)cc1F. The van der Waals surface area contributed by atoms with E-state index >= 15 is 0 Å². The first kappa shape index (κ1) is 13.8. The van der Waals surface area contributed by atoms with Crippen molar-refractivity contribution in [1.82, 2.24) is 5.32 Å². The van der Waals surface area contributed by atoms with Gasteiger partial charge in [-0.3, -0.25) is 0 Å². The highest BCUT2D eigenvalue weighted by Gasteiger charge is 2.19. The van der Waals surface area contributed by atoms with E-state index in [4.69, 9.17) is 0 Å². The van der Waals surface area contributed by atoms with E-state index in [1.165, 1.54) is 31.7 Å². The number of thioether (sulfide) groups is 1. The summed E-state index contributed by atoms with van der Waals surface area (Å²) in [4.78, 5) is 0. The number of hydrogen-bond acceptors (Lipinski definition) is 2. The fraction of sp³-hybridized carbons (Fsp3) is 0.571. The van der Waals surface area contributed by atoms with Crippen LogP contribution in [-0.4, -0.2) is 18.1 Å². The van der Waals surface area contributed by atoms with Gasteiger partial charge < -0.3 is 5.32 Å². The second-order valence-corrected chi connectivity index (χ2v) is 6.08. The van der Waals surface area contributed by atoms with Crippen LogP contribution in [0, 0.1) is 11.6 Å². The van der Waals surface area contributed by atoms with Gasteiger partial charge in [-0.15, -0.1) is 0 Å². The summed E-state index contributed by atoms with van der Waals surface area (Å²) in [5.74, 6) is -0.139. The molecule has 1 unspecified atom stereocenters. The number of halogens is 2. The Labute approximate surface area is 111 Å². The van der Waals surface area contributed by atoms with Crippen molar-refractivity contribution in [3.05, 3.63) is 35.4 Å². The Hall–Kier alpha value is -0.610. The molecule has 2 rings (SSSR count). The molecule has 4 heteroatoms. The van der Waals surface area contributed by atoms with Crippen LogP contribution in [0.3, 0.4) is 0 Å². The summed E-state index contributed by atoms with van der Waals surface area (Å²) in [7, 11) is 1.82. The van der Waals surface area contributed by atoms with Gasteiger partial charge in [0.2, 0.25) is 0 Å². The fourth-order valence-corrected chi connectivity index (χ4v) is 3.88. The molecule has 100 valence electrons. The van der Waals surface area contributed by atoms with Crippen LogP contribution in [0.2, 0.25) is 0 Å². The molecule has 18 heavy (non-hydrogen) atoms. The maximum absolute atomic E-state index is 13.7. The van der Waals surface area contributed by atoms with Crippen LogP contribution in [0.5, 0.6) is 0 Å². The topological polar surface area (TPSA) is 12.0 Å². The normalized spacial score (nSPS) is 18.2. The van der Waals surface area contributed by atoms with Crippen LogP contribution in [0.15, 0.2) is 18.2 Å². The lowest BCUT2D eigenvalue weighted by Crippen LogP contribution is -2.21. The lowest BCUT2D eigenvalue weighted by atomic mass is 10.1. The predicted octanol–water partition coefficient (Wildman–Crippen LogP) is 3.90. The quantitative estimate of drug-likeness (QED) is 0.871. The average Bonchev–Trinajstić information content (AvgIpc) is 2.85. The first-order chi connectivity index (χ1) is 8.70. The highest BCUT2D eigenvalue weighted by Crippen LogP contribution is 2.32. The molecule has 0 amide bonds. The summed E-state index contributed by atoms with van der Waals surface area (Å²) in [5, 5.41) is 3.83. The van der Waals surface area contributed by atoms with E-state index < -0.39 is 11.6 Å². The predicted molar refractivity (Wildman–Crippen MR) is 72.9 cm³/mol. The molecular formula is C14H19F2NS. The van der Waals surface area contributed by atoms with E-state index in [2.05, 4.69) is 5.32 Å². The highest BCUT2D eigenvalue weighted by molar-refractivity contribution is 7.99. The van der Waals surface area contributed by atoms with Gasteiger partial charge in [-0.2, -0.15) is 11.8 Å². The van der Waals surface area contributed by atoms with E-state index in [1.54, 1.807) is 6.07 Å². The largest absolute Gasteiger partial charge is 0.312 e. The van der Waals surface area contributed by atoms with Crippen molar-refractivity contribution < 1.29 is 8.78 Å². The highest BCUT2D eigenvalue weighted by atomic mass is 32.2. The second-order valence-electron chi connectivity index (χ2n) is 4.75. The van der Waals surface area contributed by atoms with Crippen molar-refractivity contribution in [3.8, 4) is 0 Å². The van der Waals surface area contributed by atoms with Crippen molar-refractivity contribution in [2.24, 2.45) is 0 Å². The monoisotopic (exact) mass is 271 g/mol. The van der Waals surface area contributed by atoms with Crippen molar-refractivity contribution in [2.75, 3.05) is 12.8 Å². The van der Waals surface area contributed by atoms with Gasteiger partial charge in [0.25, 0.3) is 0 Å². The van der Waals surface area contributed by atoms with Gasteiger partial charge in [-0.25, -0.2) is 8.78 Å². The summed E-state index contributed by atoms with van der Waals surface area (Å²) in [6, 6.07) is 3.78. The molecule has 0 spiro atoms. The number of benzene rings is 1. The smallest absolute Gasteiger partial charge is 0.130 e. The minimum absolute atomic E-state index is 0.0452. The third-order valence-electron chi connectivity index (χ3n) is 3.49. The Kier molecular flexibility index (Phi) is 5.01. The lowest BCUT2D eigenvalue weighted by Gasteiger charge is -2.19. The maximum atomic E-state index is 13.7. The van der Waals surface area contributed by atoms with Crippen LogP contribution < -0.4 is 5.32 Å². The van der Waals surface area contributed by atoms with E-state index in [9.17, 15) is 8.78 Å². The molecule has 1 N–H and O–H groups in total. The molecule has 0 aliphatic heterocycles. The third kappa shape index (κ3) is 3.45. The van der Waals surface area contributed by atoms with Gasteiger partial charge in [-0.05, 0) is 26.0 Å². The van der Waals surface area contributed by atoms with Gasteiger partial charge >= 0.3 is 0 Å². The minimum atomic E-state index is -0.519.